The van der Waals surface area contributed by atoms with Crippen molar-refractivity contribution in [2.24, 2.45) is 0 Å². The van der Waals surface area contributed by atoms with Gasteiger partial charge in [0.15, 0.2) is 0 Å². The molecule has 2 heterocycles. The number of nitrogens with zero attached hydrogens (tertiary/aromatic N) is 2. The molecule has 0 aliphatic rings. The van der Waals surface area contributed by atoms with Gasteiger partial charge in [0.05, 0.1) is 11.2 Å². The topological polar surface area (TPSA) is 78.4 Å². The van der Waals surface area contributed by atoms with Crippen LogP contribution in [0.15, 0.2) is 39.5 Å². The Morgan fingerprint density at radius 1 is 1.59 bits per heavy atom. The van der Waals surface area contributed by atoms with Gasteiger partial charge in [-0.1, -0.05) is 0 Å². The van der Waals surface area contributed by atoms with E-state index in [0.29, 0.717) is 10.2 Å². The van der Waals surface area contributed by atoms with Crippen LogP contribution in [0, 0.1) is 10.1 Å². The van der Waals surface area contributed by atoms with E-state index in [1.807, 2.05) is 0 Å². The molecule has 2 aromatic heterocycles. The number of nitro groups is 1. The minimum Gasteiger partial charge on any atom is -0.466 e. The Labute approximate surface area is 105 Å². The summed E-state index contributed by atoms with van der Waals surface area (Å²) >= 11 is 3.11. The van der Waals surface area contributed by atoms with Gasteiger partial charge in [-0.2, -0.15) is 0 Å². The summed E-state index contributed by atoms with van der Waals surface area (Å²) < 4.78 is 10.8. The first-order valence-corrected chi connectivity index (χ1v) is 5.41. The number of ether oxygens (including phenoxy) is 1. The number of hydrogen-bond donors (Lipinski definition) is 0. The summed E-state index contributed by atoms with van der Waals surface area (Å²) in [6.45, 7) is 0.0997. The van der Waals surface area contributed by atoms with E-state index in [-0.39, 0.29) is 18.2 Å². The van der Waals surface area contributed by atoms with Crippen molar-refractivity contribution in [3.8, 4) is 5.88 Å². The molecule has 2 aromatic rings. The first-order chi connectivity index (χ1) is 8.16. The molecular weight excluding hydrogens is 292 g/mol. The van der Waals surface area contributed by atoms with Crippen LogP contribution in [0.5, 0.6) is 5.88 Å². The number of furan rings is 1. The maximum absolute atomic E-state index is 10.8. The largest absolute Gasteiger partial charge is 0.466 e. The van der Waals surface area contributed by atoms with Crippen LogP contribution in [-0.2, 0) is 6.61 Å². The Hall–Kier alpha value is -1.89. The summed E-state index contributed by atoms with van der Waals surface area (Å²) in [4.78, 5) is 14.1. The Morgan fingerprint density at radius 2 is 2.41 bits per heavy atom. The fraction of sp³-hybridized carbons (Fsp3) is 0.100. The van der Waals surface area contributed by atoms with Gasteiger partial charge in [-0.3, -0.25) is 10.1 Å². The van der Waals surface area contributed by atoms with E-state index in [4.69, 9.17) is 9.15 Å². The standard InChI is InChI=1S/C10H7BrN2O4/c11-7-4-9(13(14)15)10(12-5-7)17-6-8-2-1-3-16-8/h1-5H,6H2. The molecule has 2 rings (SSSR count). The molecule has 0 aliphatic carbocycles. The normalized spacial score (nSPS) is 10.2. The van der Waals surface area contributed by atoms with Crippen LogP contribution in [0.3, 0.4) is 0 Å². The van der Waals surface area contributed by atoms with Crippen LogP contribution in [-0.4, -0.2) is 9.91 Å². The highest BCUT2D eigenvalue weighted by Gasteiger charge is 2.17. The quantitative estimate of drug-likeness (QED) is 0.640. The van der Waals surface area contributed by atoms with Gasteiger partial charge in [-0.15, -0.1) is 0 Å². The number of aromatic nitrogens is 1. The van der Waals surface area contributed by atoms with Crippen molar-refractivity contribution in [3.05, 3.63) is 51.0 Å². The van der Waals surface area contributed by atoms with Crippen molar-refractivity contribution in [1.29, 1.82) is 0 Å². The number of halogens is 1. The maximum Gasteiger partial charge on any atom is 0.332 e. The van der Waals surface area contributed by atoms with Crippen molar-refractivity contribution < 1.29 is 14.1 Å². The maximum atomic E-state index is 10.8. The van der Waals surface area contributed by atoms with Gasteiger partial charge in [0.25, 0.3) is 5.88 Å². The minimum absolute atomic E-state index is 0.0328. The van der Waals surface area contributed by atoms with Crippen molar-refractivity contribution in [3.63, 3.8) is 0 Å². The second-order valence-electron chi connectivity index (χ2n) is 3.10. The average Bonchev–Trinajstić information content (AvgIpc) is 2.80. The minimum atomic E-state index is -0.546. The third kappa shape index (κ3) is 2.82. The molecular formula is C10H7BrN2O4. The highest BCUT2D eigenvalue weighted by Crippen LogP contribution is 2.27. The predicted octanol–water partition coefficient (Wildman–Crippen LogP) is 2.92. The lowest BCUT2D eigenvalue weighted by atomic mass is 10.4. The zero-order chi connectivity index (χ0) is 12.3. The molecule has 0 atom stereocenters. The summed E-state index contributed by atoms with van der Waals surface area (Å²) in [6.07, 6.45) is 2.94. The molecule has 0 saturated heterocycles. The molecule has 0 fully saturated rings. The number of hydrogen-bond acceptors (Lipinski definition) is 5. The number of rotatable bonds is 4. The molecule has 0 bridgehead atoms. The summed E-state index contributed by atoms with van der Waals surface area (Å²) in [5, 5.41) is 10.8. The molecule has 0 saturated carbocycles. The number of pyridine rings is 1. The third-order valence-corrected chi connectivity index (χ3v) is 2.36. The molecule has 0 aromatic carbocycles. The molecule has 0 radical (unpaired) electrons. The van der Waals surface area contributed by atoms with E-state index < -0.39 is 4.92 Å². The van der Waals surface area contributed by atoms with E-state index in [1.54, 1.807) is 12.1 Å². The third-order valence-electron chi connectivity index (χ3n) is 1.93. The Bertz CT molecular complexity index is 527. The van der Waals surface area contributed by atoms with E-state index in [9.17, 15) is 10.1 Å². The molecule has 0 aliphatic heterocycles. The molecule has 6 nitrogen and oxygen atoms in total. The lowest BCUT2D eigenvalue weighted by Crippen LogP contribution is -2.00. The van der Waals surface area contributed by atoms with Crippen LogP contribution in [0.25, 0.3) is 0 Å². The van der Waals surface area contributed by atoms with Gasteiger partial charge in [0.2, 0.25) is 0 Å². The first-order valence-electron chi connectivity index (χ1n) is 4.62. The Kier molecular flexibility index (Phi) is 3.38. The first kappa shape index (κ1) is 11.6. The zero-order valence-corrected chi connectivity index (χ0v) is 10.1. The SMILES string of the molecule is O=[N+]([O-])c1cc(Br)cnc1OCc1ccco1. The Morgan fingerprint density at radius 3 is 3.06 bits per heavy atom. The summed E-state index contributed by atoms with van der Waals surface area (Å²) in [7, 11) is 0. The van der Waals surface area contributed by atoms with Gasteiger partial charge >= 0.3 is 5.69 Å². The second-order valence-corrected chi connectivity index (χ2v) is 4.02. The molecule has 0 N–H and O–H groups in total. The molecule has 0 spiro atoms. The average molecular weight is 299 g/mol. The van der Waals surface area contributed by atoms with Gasteiger partial charge in [0, 0.05) is 16.7 Å². The predicted molar refractivity (Wildman–Crippen MR) is 61.6 cm³/mol. The molecule has 7 heteroatoms. The van der Waals surface area contributed by atoms with Gasteiger partial charge in [-0.05, 0) is 28.1 Å². The second kappa shape index (κ2) is 4.96. The summed E-state index contributed by atoms with van der Waals surface area (Å²) in [6, 6.07) is 4.76. The van der Waals surface area contributed by atoms with Crippen LogP contribution in [0.2, 0.25) is 0 Å². The highest BCUT2D eigenvalue weighted by molar-refractivity contribution is 9.10. The zero-order valence-electron chi connectivity index (χ0n) is 8.50. The fourth-order valence-corrected chi connectivity index (χ4v) is 1.51. The van der Waals surface area contributed by atoms with Gasteiger partial charge < -0.3 is 9.15 Å². The van der Waals surface area contributed by atoms with Crippen LogP contribution in [0.4, 0.5) is 5.69 Å². The van der Waals surface area contributed by atoms with E-state index in [0.717, 1.165) is 0 Å². The van der Waals surface area contributed by atoms with Crippen LogP contribution >= 0.6 is 15.9 Å². The smallest absolute Gasteiger partial charge is 0.332 e. The summed E-state index contributed by atoms with van der Waals surface area (Å²) in [5.41, 5.74) is -0.189. The molecule has 17 heavy (non-hydrogen) atoms. The van der Waals surface area contributed by atoms with E-state index in [1.165, 1.54) is 18.5 Å². The van der Waals surface area contributed by atoms with Crippen molar-refractivity contribution >= 4 is 21.6 Å². The fourth-order valence-electron chi connectivity index (χ4n) is 1.19. The molecule has 88 valence electrons. The van der Waals surface area contributed by atoms with Crippen LogP contribution < -0.4 is 4.74 Å². The van der Waals surface area contributed by atoms with Crippen molar-refractivity contribution in [1.82, 2.24) is 4.98 Å². The van der Waals surface area contributed by atoms with E-state index >= 15 is 0 Å². The lowest BCUT2D eigenvalue weighted by molar-refractivity contribution is -0.386. The lowest BCUT2D eigenvalue weighted by Gasteiger charge is -2.03. The Balaban J connectivity index is 2.17. The molecule has 0 unspecified atom stereocenters. The summed E-state index contributed by atoms with van der Waals surface area (Å²) in [5.74, 6) is 0.540. The van der Waals surface area contributed by atoms with Crippen molar-refractivity contribution in [2.45, 2.75) is 6.61 Å². The van der Waals surface area contributed by atoms with Crippen LogP contribution in [0.1, 0.15) is 5.76 Å². The van der Waals surface area contributed by atoms with Gasteiger partial charge in [-0.25, -0.2) is 4.98 Å². The monoisotopic (exact) mass is 298 g/mol. The van der Waals surface area contributed by atoms with E-state index in [2.05, 4.69) is 20.9 Å². The van der Waals surface area contributed by atoms with Gasteiger partial charge in [0.1, 0.15) is 12.4 Å². The van der Waals surface area contributed by atoms with Crippen molar-refractivity contribution in [2.75, 3.05) is 0 Å². The molecule has 0 amide bonds. The highest BCUT2D eigenvalue weighted by atomic mass is 79.9.